The second-order valence-electron chi connectivity index (χ2n) is 9.37. The summed E-state index contributed by atoms with van der Waals surface area (Å²) in [5.74, 6) is -2.46. The molecule has 4 N–H and O–H groups in total. The van der Waals surface area contributed by atoms with Gasteiger partial charge in [0, 0.05) is 43.2 Å². The molecule has 1 amide bonds. The highest BCUT2D eigenvalue weighted by molar-refractivity contribution is 5.94. The number of H-pyrrole nitrogens is 1. The number of carbonyl (C=O) groups is 2. The molecule has 16 heteroatoms. The Hall–Kier alpha value is -4.73. The van der Waals surface area contributed by atoms with Crippen LogP contribution in [0.1, 0.15) is 40.4 Å². The Morgan fingerprint density at radius 3 is 2.19 bits per heavy atom. The quantitative estimate of drug-likeness (QED) is 0.267. The van der Waals surface area contributed by atoms with E-state index in [2.05, 4.69) is 24.7 Å². The first-order chi connectivity index (χ1) is 20.2. The highest BCUT2D eigenvalue weighted by Gasteiger charge is 2.38. The summed E-state index contributed by atoms with van der Waals surface area (Å²) in [6.07, 6.45) is -4.92. The van der Waals surface area contributed by atoms with Gasteiger partial charge in [-0.1, -0.05) is 0 Å². The molecule has 0 atom stereocenters. The fourth-order valence-electron chi connectivity index (χ4n) is 4.47. The number of nitrogens with one attached hydrogen (secondary N) is 1. The van der Waals surface area contributed by atoms with Gasteiger partial charge >= 0.3 is 18.5 Å². The second kappa shape index (κ2) is 12.6. The minimum atomic E-state index is -5.08. The van der Waals surface area contributed by atoms with E-state index < -0.39 is 18.5 Å². The van der Waals surface area contributed by atoms with Crippen LogP contribution < -0.4 is 10.5 Å². The lowest BCUT2D eigenvalue weighted by atomic mass is 9.89. The van der Waals surface area contributed by atoms with Crippen LogP contribution >= 0.6 is 0 Å². The molecule has 0 saturated carbocycles. The van der Waals surface area contributed by atoms with Gasteiger partial charge in [0.2, 0.25) is 0 Å². The molecule has 3 aromatic heterocycles. The van der Waals surface area contributed by atoms with E-state index in [1.54, 1.807) is 17.3 Å². The predicted octanol–water partition coefficient (Wildman–Crippen LogP) is 5.03. The molecule has 228 valence electrons. The number of aromatic nitrogens is 4. The van der Waals surface area contributed by atoms with E-state index in [4.69, 9.17) is 15.6 Å². The highest BCUT2D eigenvalue weighted by Crippen LogP contribution is 2.33. The lowest BCUT2D eigenvalue weighted by Crippen LogP contribution is -2.38. The summed E-state index contributed by atoms with van der Waals surface area (Å²) in [5.41, 5.74) is 10.1. The zero-order valence-corrected chi connectivity index (χ0v) is 22.1. The Morgan fingerprint density at radius 1 is 1.00 bits per heavy atom. The van der Waals surface area contributed by atoms with Crippen molar-refractivity contribution in [2.24, 2.45) is 5.73 Å². The molecule has 4 aromatic rings. The molecule has 0 spiro atoms. The molecular formula is C27H24F6N6O4. The van der Waals surface area contributed by atoms with Crippen molar-refractivity contribution in [2.45, 2.75) is 37.8 Å². The molecule has 1 aromatic carbocycles. The summed E-state index contributed by atoms with van der Waals surface area (Å²) in [4.78, 5) is 40.2. The summed E-state index contributed by atoms with van der Waals surface area (Å²) in [7, 11) is 0. The van der Waals surface area contributed by atoms with Gasteiger partial charge in [0.1, 0.15) is 11.6 Å². The zero-order chi connectivity index (χ0) is 31.4. The maximum atomic E-state index is 12.9. The van der Waals surface area contributed by atoms with Gasteiger partial charge in [0.15, 0.2) is 5.65 Å². The number of amides is 1. The van der Waals surface area contributed by atoms with Gasteiger partial charge in [0.05, 0.1) is 11.2 Å². The number of likely N-dealkylation sites (tertiary alicyclic amines) is 1. The molecular weight excluding hydrogens is 586 g/mol. The van der Waals surface area contributed by atoms with Crippen molar-refractivity contribution in [1.82, 2.24) is 24.8 Å². The molecule has 1 aliphatic rings. The Labute approximate surface area is 239 Å². The number of halogens is 6. The number of pyridine rings is 2. The number of carboxylic acids is 1. The zero-order valence-electron chi connectivity index (χ0n) is 22.1. The minimum Gasteiger partial charge on any atom is -0.475 e. The van der Waals surface area contributed by atoms with Gasteiger partial charge < -0.3 is 25.5 Å². The van der Waals surface area contributed by atoms with Crippen LogP contribution in [0.4, 0.5) is 26.3 Å². The fraction of sp³-hybridized carbons (Fsp3) is 0.296. The Kier molecular flexibility index (Phi) is 9.18. The molecule has 5 rings (SSSR count). The van der Waals surface area contributed by atoms with E-state index in [1.165, 1.54) is 12.1 Å². The number of benzene rings is 1. The number of aromatic amines is 1. The number of imidazole rings is 1. The normalized spacial score (nSPS) is 14.3. The minimum absolute atomic E-state index is 0.202. The number of rotatable bonds is 5. The van der Waals surface area contributed by atoms with Gasteiger partial charge in [-0.2, -0.15) is 13.2 Å². The number of aliphatic carboxylic acids is 1. The van der Waals surface area contributed by atoms with Crippen LogP contribution in [-0.2, 0) is 11.3 Å². The lowest BCUT2D eigenvalue weighted by molar-refractivity contribution is -0.274. The van der Waals surface area contributed by atoms with Crippen molar-refractivity contribution in [2.75, 3.05) is 13.1 Å². The third-order valence-corrected chi connectivity index (χ3v) is 6.53. The third-order valence-electron chi connectivity index (χ3n) is 6.53. The third kappa shape index (κ3) is 7.97. The van der Waals surface area contributed by atoms with Gasteiger partial charge in [0.25, 0.3) is 5.91 Å². The molecule has 4 heterocycles. The standard InChI is InChI=1S/C25H23F3N6O2.C2HF3O2/c26-25(27,28)36-19-5-2-16(3-6-19)24(35)34-11-8-15(9-12-34)20-7-10-30-23-21(20)32-22(33-23)17-1-4-18(13-29)31-14-17;3-2(4,5)1(6)7/h1-7,10,14-15H,8-9,11-13,29H2,(H,30,32,33);(H,6,7). The molecule has 0 radical (unpaired) electrons. The summed E-state index contributed by atoms with van der Waals surface area (Å²) in [5, 5.41) is 7.12. The first kappa shape index (κ1) is 31.2. The first-order valence-electron chi connectivity index (χ1n) is 12.7. The van der Waals surface area contributed by atoms with Crippen LogP contribution in [-0.4, -0.2) is 67.4 Å². The predicted molar refractivity (Wildman–Crippen MR) is 140 cm³/mol. The van der Waals surface area contributed by atoms with Crippen LogP contribution in [0.5, 0.6) is 5.75 Å². The number of nitrogens with zero attached hydrogens (tertiary/aromatic N) is 4. The number of carboxylic acid groups (broad SMARTS) is 1. The number of piperidine rings is 1. The highest BCUT2D eigenvalue weighted by atomic mass is 19.4. The van der Waals surface area contributed by atoms with Crippen molar-refractivity contribution < 1.29 is 45.8 Å². The first-order valence-corrected chi connectivity index (χ1v) is 12.7. The number of alkyl halides is 6. The summed E-state index contributed by atoms with van der Waals surface area (Å²) in [6, 6.07) is 10.7. The summed E-state index contributed by atoms with van der Waals surface area (Å²) in [6.45, 7) is 1.42. The molecule has 1 saturated heterocycles. The largest absolute Gasteiger partial charge is 0.573 e. The van der Waals surface area contributed by atoms with Crippen LogP contribution in [0.15, 0.2) is 54.9 Å². The number of hydrogen-bond donors (Lipinski definition) is 3. The average molecular weight is 611 g/mol. The molecule has 0 unspecified atom stereocenters. The Morgan fingerprint density at radius 2 is 1.65 bits per heavy atom. The maximum absolute atomic E-state index is 12.9. The molecule has 1 fully saturated rings. The van der Waals surface area contributed by atoms with Crippen molar-refractivity contribution in [3.05, 3.63) is 71.7 Å². The van der Waals surface area contributed by atoms with Gasteiger partial charge in [-0.25, -0.2) is 14.8 Å². The summed E-state index contributed by atoms with van der Waals surface area (Å²) >= 11 is 0. The Balaban J connectivity index is 0.000000541. The van der Waals surface area contributed by atoms with Gasteiger partial charge in [-0.3, -0.25) is 9.78 Å². The number of hydrogen-bond acceptors (Lipinski definition) is 7. The van der Waals surface area contributed by atoms with Crippen molar-refractivity contribution in [3.63, 3.8) is 0 Å². The molecule has 1 aliphatic heterocycles. The van der Waals surface area contributed by atoms with Gasteiger partial charge in [-0.05, 0) is 66.8 Å². The van der Waals surface area contributed by atoms with Crippen LogP contribution in [0.3, 0.4) is 0 Å². The molecule has 0 bridgehead atoms. The van der Waals surface area contributed by atoms with Crippen molar-refractivity contribution >= 4 is 23.0 Å². The monoisotopic (exact) mass is 610 g/mol. The molecule has 43 heavy (non-hydrogen) atoms. The van der Waals surface area contributed by atoms with E-state index >= 15 is 0 Å². The van der Waals surface area contributed by atoms with Gasteiger partial charge in [-0.15, -0.1) is 13.2 Å². The van der Waals surface area contributed by atoms with E-state index in [1.807, 2.05) is 18.2 Å². The lowest BCUT2D eigenvalue weighted by Gasteiger charge is -2.32. The van der Waals surface area contributed by atoms with Crippen LogP contribution in [0.2, 0.25) is 0 Å². The smallest absolute Gasteiger partial charge is 0.475 e. The molecule has 10 nitrogen and oxygen atoms in total. The Bertz CT molecular complexity index is 1560. The number of nitrogens with two attached hydrogens (primary N) is 1. The average Bonchev–Trinajstić information content (AvgIpc) is 3.41. The topological polar surface area (TPSA) is 147 Å². The fourth-order valence-corrected chi connectivity index (χ4v) is 4.47. The maximum Gasteiger partial charge on any atom is 0.573 e. The SMILES string of the molecule is NCc1ccc(-c2nc3nccc(C4CCN(C(=O)c5ccc(OC(F)(F)F)cc5)CC4)c3[nH]2)cn1.O=C(O)C(F)(F)F. The molecule has 0 aliphatic carbocycles. The summed E-state index contributed by atoms with van der Waals surface area (Å²) < 4.78 is 72.7. The van der Waals surface area contributed by atoms with E-state index in [0.717, 1.165) is 47.3 Å². The van der Waals surface area contributed by atoms with E-state index in [9.17, 15) is 31.1 Å². The number of ether oxygens (including phenoxy) is 1. The number of carbonyl (C=O) groups excluding carboxylic acids is 1. The van der Waals surface area contributed by atoms with Crippen molar-refractivity contribution in [3.8, 4) is 17.1 Å². The van der Waals surface area contributed by atoms with Crippen molar-refractivity contribution in [1.29, 1.82) is 0 Å². The second-order valence-corrected chi connectivity index (χ2v) is 9.37. The van der Waals surface area contributed by atoms with E-state index in [-0.39, 0.29) is 17.6 Å². The van der Waals surface area contributed by atoms with Crippen LogP contribution in [0, 0.1) is 0 Å². The van der Waals surface area contributed by atoms with Crippen LogP contribution in [0.25, 0.3) is 22.6 Å². The number of fused-ring (bicyclic) bond motifs is 1. The van der Waals surface area contributed by atoms with E-state index in [0.29, 0.717) is 36.7 Å².